The number of rotatable bonds is 6. The first kappa shape index (κ1) is 24.6. The van der Waals surface area contributed by atoms with Crippen LogP contribution in [0.25, 0.3) is 11.1 Å². The standard InChI is InChI=1S/C28H29N3O3S2/c1-4-14-30-26(33)23(36-28(30)34)16-19-15-17(2)31(18(19)3)27-24(21-12-8-9-13-22(21)35-27)25(32)29-20-10-6-5-7-11-20/h5-7,10-11,15-16H,4,8-9,12-14H2,1-3H3,(H,29,32)/b23-16+. The Bertz CT molecular complexity index is 1380. The fourth-order valence-electron chi connectivity index (χ4n) is 4.96. The third-order valence-electron chi connectivity index (χ3n) is 6.69. The van der Waals surface area contributed by atoms with Crippen LogP contribution in [0.3, 0.4) is 0 Å². The maximum atomic E-state index is 13.6. The van der Waals surface area contributed by atoms with Crippen molar-refractivity contribution in [3.05, 3.63) is 74.3 Å². The maximum absolute atomic E-state index is 13.6. The van der Waals surface area contributed by atoms with Gasteiger partial charge in [-0.3, -0.25) is 19.3 Å². The maximum Gasteiger partial charge on any atom is 0.293 e. The molecule has 36 heavy (non-hydrogen) atoms. The number of hydrogen-bond acceptors (Lipinski definition) is 5. The molecule has 3 heterocycles. The van der Waals surface area contributed by atoms with Crippen molar-refractivity contribution in [1.82, 2.24) is 9.47 Å². The first-order chi connectivity index (χ1) is 17.4. The van der Waals surface area contributed by atoms with E-state index in [1.54, 1.807) is 11.3 Å². The number of para-hydroxylation sites is 1. The van der Waals surface area contributed by atoms with E-state index in [1.807, 2.05) is 63.2 Å². The van der Waals surface area contributed by atoms with Crippen LogP contribution in [0.15, 0.2) is 41.3 Å². The van der Waals surface area contributed by atoms with Gasteiger partial charge in [-0.15, -0.1) is 11.3 Å². The summed E-state index contributed by atoms with van der Waals surface area (Å²) in [6.07, 6.45) is 6.66. The van der Waals surface area contributed by atoms with Gasteiger partial charge >= 0.3 is 0 Å². The summed E-state index contributed by atoms with van der Waals surface area (Å²) in [4.78, 5) is 41.8. The molecule has 1 aliphatic carbocycles. The number of aromatic nitrogens is 1. The van der Waals surface area contributed by atoms with Crippen LogP contribution in [-0.4, -0.2) is 33.1 Å². The number of anilines is 1. The number of nitrogens with one attached hydrogen (secondary N) is 1. The normalized spacial score (nSPS) is 16.6. The van der Waals surface area contributed by atoms with Crippen molar-refractivity contribution in [3.63, 3.8) is 0 Å². The molecule has 186 valence electrons. The number of thiophene rings is 1. The van der Waals surface area contributed by atoms with E-state index in [9.17, 15) is 14.4 Å². The molecule has 0 unspecified atom stereocenters. The van der Waals surface area contributed by atoms with Crippen molar-refractivity contribution >= 4 is 51.9 Å². The second-order valence-corrected chi connectivity index (χ2v) is 11.3. The molecule has 0 saturated carbocycles. The zero-order chi connectivity index (χ0) is 25.4. The van der Waals surface area contributed by atoms with Crippen molar-refractivity contribution in [1.29, 1.82) is 0 Å². The Labute approximate surface area is 219 Å². The number of fused-ring (bicyclic) bond motifs is 1. The SMILES string of the molecule is CCCN1C(=O)S/C(=C/c2cc(C)n(-c3sc4c(c3C(=O)Nc3ccccc3)CCCC4)c2C)C1=O. The fourth-order valence-corrected chi connectivity index (χ4v) is 7.32. The van der Waals surface area contributed by atoms with Gasteiger partial charge in [0.05, 0.1) is 10.5 Å². The van der Waals surface area contributed by atoms with Gasteiger partial charge in [-0.2, -0.15) is 0 Å². The largest absolute Gasteiger partial charge is 0.322 e. The van der Waals surface area contributed by atoms with E-state index in [2.05, 4.69) is 9.88 Å². The molecular formula is C28H29N3O3S2. The summed E-state index contributed by atoms with van der Waals surface area (Å²) in [5.41, 5.74) is 5.49. The molecule has 0 radical (unpaired) electrons. The molecule has 0 spiro atoms. The Morgan fingerprint density at radius 2 is 1.86 bits per heavy atom. The van der Waals surface area contributed by atoms with Crippen molar-refractivity contribution in [2.75, 3.05) is 11.9 Å². The van der Waals surface area contributed by atoms with Crippen molar-refractivity contribution in [3.8, 4) is 5.00 Å². The lowest BCUT2D eigenvalue weighted by molar-refractivity contribution is -0.122. The van der Waals surface area contributed by atoms with Gasteiger partial charge in [-0.25, -0.2) is 0 Å². The number of carbonyl (C=O) groups excluding carboxylic acids is 3. The number of benzene rings is 1. The average Bonchev–Trinajstić information content (AvgIpc) is 3.46. The molecule has 3 aromatic rings. The van der Waals surface area contributed by atoms with Crippen LogP contribution in [0.5, 0.6) is 0 Å². The summed E-state index contributed by atoms with van der Waals surface area (Å²) in [6.45, 7) is 6.41. The van der Waals surface area contributed by atoms with Crippen LogP contribution in [-0.2, 0) is 17.6 Å². The van der Waals surface area contributed by atoms with E-state index >= 15 is 0 Å². The topological polar surface area (TPSA) is 71.4 Å². The molecule has 1 aliphatic heterocycles. The van der Waals surface area contributed by atoms with Gasteiger partial charge in [-0.05, 0) is 93.1 Å². The van der Waals surface area contributed by atoms with Gasteiger partial charge in [0.2, 0.25) is 0 Å². The molecule has 1 N–H and O–H groups in total. The lowest BCUT2D eigenvalue weighted by atomic mass is 9.95. The highest BCUT2D eigenvalue weighted by Crippen LogP contribution is 2.40. The van der Waals surface area contributed by atoms with E-state index in [0.29, 0.717) is 11.4 Å². The molecule has 2 aromatic heterocycles. The van der Waals surface area contributed by atoms with Crippen molar-refractivity contribution in [2.24, 2.45) is 0 Å². The lowest BCUT2D eigenvalue weighted by Crippen LogP contribution is -2.28. The van der Waals surface area contributed by atoms with Gasteiger partial charge < -0.3 is 9.88 Å². The highest BCUT2D eigenvalue weighted by molar-refractivity contribution is 8.18. The number of imide groups is 1. The average molecular weight is 520 g/mol. The predicted molar refractivity (Wildman–Crippen MR) is 147 cm³/mol. The first-order valence-corrected chi connectivity index (χ1v) is 14.0. The van der Waals surface area contributed by atoms with Crippen LogP contribution in [0, 0.1) is 13.8 Å². The number of aryl methyl sites for hydroxylation is 2. The molecule has 6 nitrogen and oxygen atoms in total. The second kappa shape index (κ2) is 10.1. The predicted octanol–water partition coefficient (Wildman–Crippen LogP) is 6.73. The Morgan fingerprint density at radius 3 is 2.61 bits per heavy atom. The summed E-state index contributed by atoms with van der Waals surface area (Å²) in [6, 6.07) is 11.6. The number of hydrogen-bond donors (Lipinski definition) is 1. The van der Waals surface area contributed by atoms with Crippen LogP contribution >= 0.6 is 23.1 Å². The Hall–Kier alpha value is -3.10. The van der Waals surface area contributed by atoms with E-state index in [0.717, 1.165) is 82.6 Å². The molecule has 0 atom stereocenters. The van der Waals surface area contributed by atoms with E-state index in [-0.39, 0.29) is 17.1 Å². The molecule has 5 rings (SSSR count). The highest BCUT2D eigenvalue weighted by Gasteiger charge is 2.35. The van der Waals surface area contributed by atoms with Gasteiger partial charge in [0.15, 0.2) is 0 Å². The molecule has 3 amide bonds. The van der Waals surface area contributed by atoms with Crippen LogP contribution < -0.4 is 5.32 Å². The zero-order valence-corrected chi connectivity index (χ0v) is 22.4. The first-order valence-electron chi connectivity index (χ1n) is 12.3. The molecule has 2 aliphatic rings. The third kappa shape index (κ3) is 4.44. The summed E-state index contributed by atoms with van der Waals surface area (Å²) < 4.78 is 2.13. The Balaban J connectivity index is 1.56. The number of thioether (sulfide) groups is 1. The van der Waals surface area contributed by atoms with Crippen LogP contribution in [0.1, 0.15) is 63.9 Å². The minimum absolute atomic E-state index is 0.0923. The summed E-state index contributed by atoms with van der Waals surface area (Å²) in [5.74, 6) is -0.323. The number of nitrogens with zero attached hydrogens (tertiary/aromatic N) is 2. The highest BCUT2D eigenvalue weighted by atomic mass is 32.2. The fraction of sp³-hybridized carbons (Fsp3) is 0.321. The molecule has 8 heteroatoms. The third-order valence-corrected chi connectivity index (χ3v) is 8.88. The smallest absolute Gasteiger partial charge is 0.293 e. The van der Waals surface area contributed by atoms with E-state index in [1.165, 1.54) is 9.78 Å². The zero-order valence-electron chi connectivity index (χ0n) is 20.7. The minimum atomic E-state index is -0.230. The van der Waals surface area contributed by atoms with Crippen LogP contribution in [0.2, 0.25) is 0 Å². The van der Waals surface area contributed by atoms with Gasteiger partial charge in [0.25, 0.3) is 17.1 Å². The minimum Gasteiger partial charge on any atom is -0.322 e. The summed E-state index contributed by atoms with van der Waals surface area (Å²) in [7, 11) is 0. The molecule has 1 aromatic carbocycles. The molecule has 1 saturated heterocycles. The van der Waals surface area contributed by atoms with Gasteiger partial charge in [0.1, 0.15) is 5.00 Å². The lowest BCUT2D eigenvalue weighted by Gasteiger charge is -2.14. The van der Waals surface area contributed by atoms with Crippen LogP contribution in [0.4, 0.5) is 10.5 Å². The van der Waals surface area contributed by atoms with E-state index in [4.69, 9.17) is 0 Å². The molecular weight excluding hydrogens is 490 g/mol. The molecule has 0 bridgehead atoms. The molecule has 1 fully saturated rings. The Morgan fingerprint density at radius 1 is 1.11 bits per heavy atom. The number of amides is 3. The van der Waals surface area contributed by atoms with E-state index < -0.39 is 0 Å². The van der Waals surface area contributed by atoms with Gasteiger partial charge in [0, 0.05) is 28.5 Å². The quantitative estimate of drug-likeness (QED) is 0.367. The van der Waals surface area contributed by atoms with Crippen molar-refractivity contribution in [2.45, 2.75) is 52.9 Å². The Kier molecular flexibility index (Phi) is 6.90. The van der Waals surface area contributed by atoms with Crippen molar-refractivity contribution < 1.29 is 14.4 Å². The number of carbonyl (C=O) groups is 3. The second-order valence-electron chi connectivity index (χ2n) is 9.21. The summed E-state index contributed by atoms with van der Waals surface area (Å²) >= 11 is 2.69. The summed E-state index contributed by atoms with van der Waals surface area (Å²) in [5, 5.41) is 3.79. The van der Waals surface area contributed by atoms with Gasteiger partial charge in [-0.1, -0.05) is 25.1 Å². The monoisotopic (exact) mass is 519 g/mol.